The minimum Gasteiger partial charge on any atom is -0.478 e. The molecule has 6 nitrogen and oxygen atoms in total. The van der Waals surface area contributed by atoms with Crippen LogP contribution in [0.3, 0.4) is 0 Å². The summed E-state index contributed by atoms with van der Waals surface area (Å²) in [6.07, 6.45) is 1.90. The summed E-state index contributed by atoms with van der Waals surface area (Å²) in [6.45, 7) is 11.3. The van der Waals surface area contributed by atoms with E-state index in [0.29, 0.717) is 6.54 Å². The molecule has 32 heavy (non-hydrogen) atoms. The van der Waals surface area contributed by atoms with Crippen LogP contribution in [0, 0.1) is 5.92 Å². The zero-order chi connectivity index (χ0) is 23.3. The van der Waals surface area contributed by atoms with Gasteiger partial charge in [-0.1, -0.05) is 56.8 Å². The second kappa shape index (κ2) is 10.4. The van der Waals surface area contributed by atoms with E-state index in [1.807, 2.05) is 31.2 Å². The third kappa shape index (κ3) is 4.49. The largest absolute Gasteiger partial charge is 0.478 e. The molecule has 0 aliphatic carbocycles. The van der Waals surface area contributed by atoms with Crippen LogP contribution in [0.15, 0.2) is 61.2 Å². The first-order valence-electron chi connectivity index (χ1n) is 11.2. The van der Waals surface area contributed by atoms with Crippen molar-refractivity contribution < 1.29 is 19.4 Å². The normalized spacial score (nSPS) is 19.7. The molecule has 2 aromatic rings. The predicted molar refractivity (Wildman–Crippen MR) is 126 cm³/mol. The molecule has 170 valence electrons. The highest BCUT2D eigenvalue weighted by atomic mass is 16.6. The quantitative estimate of drug-likeness (QED) is 0.539. The van der Waals surface area contributed by atoms with Crippen molar-refractivity contribution in [3.63, 3.8) is 0 Å². The lowest BCUT2D eigenvalue weighted by molar-refractivity contribution is 0.0695. The van der Waals surface area contributed by atoms with Gasteiger partial charge in [0.1, 0.15) is 6.61 Å². The van der Waals surface area contributed by atoms with Crippen molar-refractivity contribution in [2.45, 2.75) is 39.3 Å². The first-order chi connectivity index (χ1) is 15.4. The van der Waals surface area contributed by atoms with Crippen molar-refractivity contribution >= 4 is 17.7 Å². The Kier molecular flexibility index (Phi) is 7.57. The van der Waals surface area contributed by atoms with E-state index in [0.717, 1.165) is 29.8 Å². The molecular weight excluding hydrogens is 404 g/mol. The van der Waals surface area contributed by atoms with Crippen LogP contribution in [0.2, 0.25) is 0 Å². The molecule has 1 amide bonds. The van der Waals surface area contributed by atoms with Crippen molar-refractivity contribution in [1.29, 1.82) is 0 Å². The standard InChI is InChI=1S/C26H32N2O4/c1-5-15-28(26(31)32-16-6-2)24-18(4)23(19-11-9-8-10-12-19)27(7-3)22-14-13-20(25(29)30)17-21(22)24/h6,8-14,17-18,23-24H,2,5,7,15-16H2,1,3-4H3,(H,29,30). The highest BCUT2D eigenvalue weighted by Gasteiger charge is 2.43. The number of carboxylic acids is 1. The summed E-state index contributed by atoms with van der Waals surface area (Å²) in [5.74, 6) is -0.986. The highest BCUT2D eigenvalue weighted by Crippen LogP contribution is 2.50. The topological polar surface area (TPSA) is 70.1 Å². The zero-order valence-electron chi connectivity index (χ0n) is 19.0. The number of nitrogens with zero attached hydrogens (tertiary/aromatic N) is 2. The summed E-state index contributed by atoms with van der Waals surface area (Å²) in [6, 6.07) is 15.2. The van der Waals surface area contributed by atoms with Gasteiger partial charge in [0.25, 0.3) is 0 Å². The van der Waals surface area contributed by atoms with Gasteiger partial charge in [-0.05, 0) is 42.7 Å². The molecule has 0 spiro atoms. The lowest BCUT2D eigenvalue weighted by Gasteiger charge is -2.49. The minimum absolute atomic E-state index is 0.00303. The molecule has 0 fully saturated rings. The van der Waals surface area contributed by atoms with Crippen molar-refractivity contribution in [2.24, 2.45) is 5.92 Å². The Balaban J connectivity index is 2.20. The molecular formula is C26H32N2O4. The van der Waals surface area contributed by atoms with Crippen molar-refractivity contribution in [3.05, 3.63) is 77.9 Å². The molecule has 6 heteroatoms. The maximum Gasteiger partial charge on any atom is 0.410 e. The van der Waals surface area contributed by atoms with Gasteiger partial charge in [-0.2, -0.15) is 0 Å². The van der Waals surface area contributed by atoms with Crippen LogP contribution in [0.4, 0.5) is 10.5 Å². The van der Waals surface area contributed by atoms with Gasteiger partial charge in [-0.3, -0.25) is 0 Å². The molecule has 0 bridgehead atoms. The third-order valence-corrected chi connectivity index (χ3v) is 6.08. The molecule has 3 rings (SSSR count). The molecule has 3 unspecified atom stereocenters. The molecule has 0 saturated heterocycles. The lowest BCUT2D eigenvalue weighted by atomic mass is 9.78. The summed E-state index contributed by atoms with van der Waals surface area (Å²) in [7, 11) is 0. The van der Waals surface area contributed by atoms with Crippen molar-refractivity contribution in [1.82, 2.24) is 4.90 Å². The number of benzene rings is 2. The number of aromatic carboxylic acids is 1. The Bertz CT molecular complexity index is 960. The monoisotopic (exact) mass is 436 g/mol. The summed E-state index contributed by atoms with van der Waals surface area (Å²) in [4.78, 5) is 28.9. The zero-order valence-corrected chi connectivity index (χ0v) is 19.0. The fourth-order valence-corrected chi connectivity index (χ4v) is 4.83. The third-order valence-electron chi connectivity index (χ3n) is 6.08. The van der Waals surface area contributed by atoms with Gasteiger partial charge >= 0.3 is 12.1 Å². The Labute approximate surface area is 190 Å². The number of hydrogen-bond acceptors (Lipinski definition) is 4. The van der Waals surface area contributed by atoms with E-state index in [2.05, 4.69) is 37.5 Å². The second-order valence-corrected chi connectivity index (χ2v) is 8.08. The Morgan fingerprint density at radius 3 is 2.50 bits per heavy atom. The van der Waals surface area contributed by atoms with Gasteiger partial charge in [-0.15, -0.1) is 0 Å². The maximum atomic E-state index is 13.1. The average molecular weight is 437 g/mol. The van der Waals surface area contributed by atoms with Gasteiger partial charge in [0, 0.05) is 24.7 Å². The van der Waals surface area contributed by atoms with Gasteiger partial charge in [0.15, 0.2) is 0 Å². The number of carbonyl (C=O) groups excluding carboxylic acids is 1. The van der Waals surface area contributed by atoms with Crippen LogP contribution < -0.4 is 4.90 Å². The Morgan fingerprint density at radius 1 is 1.19 bits per heavy atom. The number of hydrogen-bond donors (Lipinski definition) is 1. The molecule has 1 aliphatic heterocycles. The molecule has 0 saturated carbocycles. The fraction of sp³-hybridized carbons (Fsp3) is 0.385. The lowest BCUT2D eigenvalue weighted by Crippen LogP contribution is -2.48. The summed E-state index contributed by atoms with van der Waals surface area (Å²) in [5, 5.41) is 9.63. The molecule has 1 heterocycles. The first kappa shape index (κ1) is 23.4. The number of ether oxygens (including phenoxy) is 1. The number of carboxylic acid groups (broad SMARTS) is 1. The summed E-state index contributed by atoms with van der Waals surface area (Å²) < 4.78 is 5.43. The molecule has 1 N–H and O–H groups in total. The van der Waals surface area contributed by atoms with Crippen LogP contribution in [0.5, 0.6) is 0 Å². The van der Waals surface area contributed by atoms with E-state index in [1.165, 1.54) is 0 Å². The first-order valence-corrected chi connectivity index (χ1v) is 11.2. The van der Waals surface area contributed by atoms with Gasteiger partial charge in [0.05, 0.1) is 17.6 Å². The molecule has 0 aromatic heterocycles. The molecule has 1 aliphatic rings. The predicted octanol–water partition coefficient (Wildman–Crippen LogP) is 5.68. The number of amides is 1. The number of rotatable bonds is 8. The Morgan fingerprint density at radius 2 is 1.91 bits per heavy atom. The van der Waals surface area contributed by atoms with Crippen LogP contribution in [-0.2, 0) is 4.74 Å². The van der Waals surface area contributed by atoms with Gasteiger partial charge in [0.2, 0.25) is 0 Å². The molecule has 0 radical (unpaired) electrons. The van der Waals surface area contributed by atoms with E-state index >= 15 is 0 Å². The van der Waals surface area contributed by atoms with E-state index < -0.39 is 12.1 Å². The summed E-state index contributed by atoms with van der Waals surface area (Å²) >= 11 is 0. The van der Waals surface area contributed by atoms with E-state index in [9.17, 15) is 14.7 Å². The van der Waals surface area contributed by atoms with Gasteiger partial charge in [-0.25, -0.2) is 9.59 Å². The smallest absolute Gasteiger partial charge is 0.410 e. The van der Waals surface area contributed by atoms with E-state index in [1.54, 1.807) is 23.1 Å². The highest BCUT2D eigenvalue weighted by molar-refractivity contribution is 5.89. The van der Waals surface area contributed by atoms with Crippen LogP contribution in [0.25, 0.3) is 0 Å². The second-order valence-electron chi connectivity index (χ2n) is 8.08. The average Bonchev–Trinajstić information content (AvgIpc) is 2.80. The number of fused-ring (bicyclic) bond motifs is 1. The SMILES string of the molecule is C=CCOC(=O)N(CCC)C1c2cc(C(=O)O)ccc2N(CC)C(c2ccccc2)C1C. The van der Waals surface area contributed by atoms with Crippen LogP contribution in [-0.4, -0.2) is 41.8 Å². The van der Waals surface area contributed by atoms with Gasteiger partial charge < -0.3 is 19.6 Å². The van der Waals surface area contributed by atoms with Crippen LogP contribution in [0.1, 0.15) is 60.8 Å². The summed E-state index contributed by atoms with van der Waals surface area (Å²) in [5.41, 5.74) is 3.17. The molecule has 2 aromatic carbocycles. The van der Waals surface area contributed by atoms with Crippen molar-refractivity contribution in [3.8, 4) is 0 Å². The van der Waals surface area contributed by atoms with E-state index in [-0.39, 0.29) is 30.2 Å². The van der Waals surface area contributed by atoms with E-state index in [4.69, 9.17) is 4.74 Å². The fourth-order valence-electron chi connectivity index (χ4n) is 4.83. The maximum absolute atomic E-state index is 13.1. The Hall–Kier alpha value is -3.28. The number of carbonyl (C=O) groups is 2. The number of anilines is 1. The molecule has 3 atom stereocenters. The van der Waals surface area contributed by atoms with Crippen LogP contribution >= 0.6 is 0 Å². The minimum atomic E-state index is -0.983. The van der Waals surface area contributed by atoms with Crippen molar-refractivity contribution in [2.75, 3.05) is 24.6 Å².